The summed E-state index contributed by atoms with van der Waals surface area (Å²) in [5.41, 5.74) is 0. The third-order valence-electron chi connectivity index (χ3n) is 3.18. The molecule has 0 atom stereocenters. The van der Waals surface area contributed by atoms with Crippen molar-refractivity contribution < 1.29 is 15.3 Å². The van der Waals surface area contributed by atoms with Crippen LogP contribution in [-0.2, 0) is 0 Å². The highest BCUT2D eigenvalue weighted by Crippen LogP contribution is 2.14. The molecule has 0 aliphatic heterocycles. The van der Waals surface area contributed by atoms with Crippen molar-refractivity contribution in [1.82, 2.24) is 0 Å². The zero-order valence-electron chi connectivity index (χ0n) is 11.3. The Morgan fingerprint density at radius 2 is 1.12 bits per heavy atom. The average Bonchev–Trinajstić information content (AvgIpc) is 2.31. The molecule has 0 aromatic heterocycles. The molecule has 104 valence electrons. The van der Waals surface area contributed by atoms with E-state index in [1.165, 1.54) is 44.9 Å². The molecule has 3 heteroatoms. The summed E-state index contributed by atoms with van der Waals surface area (Å²) in [6.45, 7) is 1.67. The molecule has 0 aromatic rings. The molecule has 0 aliphatic carbocycles. The third-order valence-corrected chi connectivity index (χ3v) is 3.18. The van der Waals surface area contributed by atoms with Gasteiger partial charge in [0.05, 0.1) is 6.61 Å². The molecule has 0 saturated heterocycles. The molecule has 0 bridgehead atoms. The zero-order chi connectivity index (χ0) is 13.0. The van der Waals surface area contributed by atoms with Crippen molar-refractivity contribution in [2.75, 3.05) is 6.61 Å². The molecular formula is C14H30O3. The van der Waals surface area contributed by atoms with Crippen LogP contribution in [0.5, 0.6) is 0 Å². The van der Waals surface area contributed by atoms with Gasteiger partial charge in [-0.3, -0.25) is 0 Å². The van der Waals surface area contributed by atoms with Crippen LogP contribution in [0.15, 0.2) is 0 Å². The molecule has 0 rings (SSSR count). The fraction of sp³-hybridized carbons (Fsp3) is 1.00. The second-order valence-corrected chi connectivity index (χ2v) is 5.07. The monoisotopic (exact) mass is 246 g/mol. The van der Waals surface area contributed by atoms with E-state index in [-0.39, 0.29) is 6.42 Å². The Labute approximate surface area is 106 Å². The molecule has 0 spiro atoms. The van der Waals surface area contributed by atoms with E-state index in [9.17, 15) is 0 Å². The van der Waals surface area contributed by atoms with Gasteiger partial charge in [-0.15, -0.1) is 0 Å². The van der Waals surface area contributed by atoms with Gasteiger partial charge in [-0.05, 0) is 6.42 Å². The van der Waals surface area contributed by atoms with Crippen molar-refractivity contribution in [3.8, 4) is 0 Å². The lowest BCUT2D eigenvalue weighted by Crippen LogP contribution is -2.32. The Kier molecular flexibility index (Phi) is 10.9. The van der Waals surface area contributed by atoms with E-state index < -0.39 is 12.4 Å². The van der Waals surface area contributed by atoms with Crippen LogP contribution in [0.3, 0.4) is 0 Å². The van der Waals surface area contributed by atoms with Crippen LogP contribution in [0.25, 0.3) is 0 Å². The highest BCUT2D eigenvalue weighted by atomic mass is 16.5. The molecule has 0 fully saturated rings. The summed E-state index contributed by atoms with van der Waals surface area (Å²) in [5, 5.41) is 26.9. The molecule has 0 aromatic carbocycles. The second-order valence-electron chi connectivity index (χ2n) is 5.07. The molecule has 0 saturated carbocycles. The van der Waals surface area contributed by atoms with Crippen molar-refractivity contribution in [2.24, 2.45) is 0 Å². The van der Waals surface area contributed by atoms with E-state index >= 15 is 0 Å². The lowest BCUT2D eigenvalue weighted by Gasteiger charge is -2.18. The number of hydrogen-bond acceptors (Lipinski definition) is 3. The Morgan fingerprint density at radius 3 is 1.53 bits per heavy atom. The molecule has 0 aliphatic rings. The summed E-state index contributed by atoms with van der Waals surface area (Å²) in [4.78, 5) is 0. The molecule has 0 amide bonds. The summed E-state index contributed by atoms with van der Waals surface area (Å²) in [5.74, 6) is -1.86. The molecular weight excluding hydrogens is 216 g/mol. The van der Waals surface area contributed by atoms with Gasteiger partial charge in [-0.1, -0.05) is 64.7 Å². The quantitative estimate of drug-likeness (QED) is 0.366. The van der Waals surface area contributed by atoms with Crippen molar-refractivity contribution in [3.05, 3.63) is 0 Å². The van der Waals surface area contributed by atoms with Gasteiger partial charge in [0.2, 0.25) is 0 Å². The van der Waals surface area contributed by atoms with Gasteiger partial charge in [0.15, 0.2) is 5.79 Å². The summed E-state index contributed by atoms with van der Waals surface area (Å²) < 4.78 is 0. The van der Waals surface area contributed by atoms with Gasteiger partial charge in [-0.2, -0.15) is 0 Å². The van der Waals surface area contributed by atoms with Gasteiger partial charge in [0, 0.05) is 6.42 Å². The molecule has 3 nitrogen and oxygen atoms in total. The van der Waals surface area contributed by atoms with Crippen LogP contribution < -0.4 is 0 Å². The first-order valence-corrected chi connectivity index (χ1v) is 7.18. The molecule has 17 heavy (non-hydrogen) atoms. The van der Waals surface area contributed by atoms with E-state index in [0.717, 1.165) is 19.3 Å². The zero-order valence-corrected chi connectivity index (χ0v) is 11.3. The van der Waals surface area contributed by atoms with Crippen LogP contribution in [-0.4, -0.2) is 27.7 Å². The minimum absolute atomic E-state index is 0.278. The number of rotatable bonds is 12. The van der Waals surface area contributed by atoms with Crippen LogP contribution in [0.2, 0.25) is 0 Å². The maximum absolute atomic E-state index is 9.15. The fourth-order valence-corrected chi connectivity index (χ4v) is 1.97. The van der Waals surface area contributed by atoms with E-state index in [2.05, 4.69) is 6.92 Å². The van der Waals surface area contributed by atoms with Crippen molar-refractivity contribution in [3.63, 3.8) is 0 Å². The molecule has 3 N–H and O–H groups in total. The van der Waals surface area contributed by atoms with Crippen LogP contribution >= 0.6 is 0 Å². The first-order valence-electron chi connectivity index (χ1n) is 7.18. The predicted molar refractivity (Wildman–Crippen MR) is 70.7 cm³/mol. The van der Waals surface area contributed by atoms with Crippen molar-refractivity contribution in [2.45, 2.75) is 83.3 Å². The van der Waals surface area contributed by atoms with E-state index in [1.807, 2.05) is 0 Å². The summed E-state index contributed by atoms with van der Waals surface area (Å²) in [6, 6.07) is 0. The lowest BCUT2D eigenvalue weighted by molar-refractivity contribution is -0.191. The topological polar surface area (TPSA) is 60.7 Å². The van der Waals surface area contributed by atoms with Gasteiger partial charge < -0.3 is 15.3 Å². The maximum Gasteiger partial charge on any atom is 0.186 e. The van der Waals surface area contributed by atoms with Gasteiger partial charge in [-0.25, -0.2) is 0 Å². The number of unbranched alkanes of at least 4 members (excludes halogenated alkanes) is 9. The van der Waals surface area contributed by atoms with Crippen LogP contribution in [0, 0.1) is 0 Å². The van der Waals surface area contributed by atoms with E-state index in [1.54, 1.807) is 0 Å². The molecule has 0 unspecified atom stereocenters. The minimum Gasteiger partial charge on any atom is -0.391 e. The maximum atomic E-state index is 9.15. The Bertz CT molecular complexity index is 158. The van der Waals surface area contributed by atoms with Crippen LogP contribution in [0.4, 0.5) is 0 Å². The van der Waals surface area contributed by atoms with Gasteiger partial charge in [0.25, 0.3) is 0 Å². The average molecular weight is 246 g/mol. The largest absolute Gasteiger partial charge is 0.391 e. The van der Waals surface area contributed by atoms with Gasteiger partial charge in [0.1, 0.15) is 0 Å². The standard InChI is InChI=1S/C14H30O3/c1-2-3-4-5-6-7-8-9-10-11-12-14(16,17)13-15/h15-17H,2-13H2,1H3. The first-order chi connectivity index (χ1) is 8.12. The summed E-state index contributed by atoms with van der Waals surface area (Å²) in [7, 11) is 0. The van der Waals surface area contributed by atoms with E-state index in [4.69, 9.17) is 15.3 Å². The molecule has 0 heterocycles. The smallest absolute Gasteiger partial charge is 0.186 e. The van der Waals surface area contributed by atoms with Crippen LogP contribution in [0.1, 0.15) is 77.6 Å². The lowest BCUT2D eigenvalue weighted by atomic mass is 10.0. The van der Waals surface area contributed by atoms with Gasteiger partial charge >= 0.3 is 0 Å². The van der Waals surface area contributed by atoms with Crippen molar-refractivity contribution >= 4 is 0 Å². The predicted octanol–water partition coefficient (Wildman–Crippen LogP) is 2.97. The summed E-state index contributed by atoms with van der Waals surface area (Å²) >= 11 is 0. The summed E-state index contributed by atoms with van der Waals surface area (Å²) in [6.07, 6.45) is 12.5. The second kappa shape index (κ2) is 11.0. The van der Waals surface area contributed by atoms with E-state index in [0.29, 0.717) is 0 Å². The minimum atomic E-state index is -1.86. The highest BCUT2D eigenvalue weighted by molar-refractivity contribution is 4.62. The third kappa shape index (κ3) is 12.1. The number of hydrogen-bond donors (Lipinski definition) is 3. The number of aliphatic hydroxyl groups is 3. The first kappa shape index (κ1) is 16.9. The Morgan fingerprint density at radius 1 is 0.706 bits per heavy atom. The SMILES string of the molecule is CCCCCCCCCCCCC(O)(O)CO. The number of aliphatic hydroxyl groups excluding tert-OH is 1. The fourth-order valence-electron chi connectivity index (χ4n) is 1.97. The highest BCUT2D eigenvalue weighted by Gasteiger charge is 2.20. The Hall–Kier alpha value is -0.120. The van der Waals surface area contributed by atoms with Crippen molar-refractivity contribution in [1.29, 1.82) is 0 Å². The molecule has 0 radical (unpaired) electrons. The Balaban J connectivity index is 3.09. The normalized spacial score (nSPS) is 12.0.